The molecule has 26 heavy (non-hydrogen) atoms. The van der Waals surface area contributed by atoms with E-state index in [1.54, 1.807) is 0 Å². The molecule has 6 nitrogen and oxygen atoms in total. The Labute approximate surface area is 152 Å². The zero-order valence-corrected chi connectivity index (χ0v) is 14.7. The summed E-state index contributed by atoms with van der Waals surface area (Å²) in [5.74, 6) is 3.58. The Morgan fingerprint density at radius 1 is 1.12 bits per heavy atom. The number of nitrogens with one attached hydrogen (secondary N) is 1. The van der Waals surface area contributed by atoms with Gasteiger partial charge in [0.2, 0.25) is 12.3 Å². The van der Waals surface area contributed by atoms with E-state index < -0.39 is 0 Å². The number of carbonyl (C=O) groups excluding carboxylic acids is 1. The Bertz CT molecular complexity index is 750. The van der Waals surface area contributed by atoms with Crippen LogP contribution in [0.15, 0.2) is 35.1 Å². The molecule has 6 heteroatoms. The predicted molar refractivity (Wildman–Crippen MR) is 94.3 cm³/mol. The molecule has 4 aliphatic carbocycles. The number of amides is 1. The maximum atomic E-state index is 12.5. The lowest BCUT2D eigenvalue weighted by Crippen LogP contribution is -2.60. The highest BCUT2D eigenvalue weighted by atomic mass is 16.5. The molecule has 4 fully saturated rings. The maximum Gasteiger partial charge on any atom is 0.258 e. The zero-order chi connectivity index (χ0) is 17.6. The third-order valence-corrected chi connectivity index (χ3v) is 6.27. The number of rotatable bonds is 5. The van der Waals surface area contributed by atoms with Crippen LogP contribution in [0.3, 0.4) is 0 Å². The number of aromatic nitrogens is 2. The standard InChI is InChI=1S/C20H23N3O3/c24-18(22-20-8-13-5-14(9-20)7-15(6-13)10-20)11-25-17-3-1-16(2-4-17)19-23-21-12-26-19/h1-4,12-15H,5-11H2,(H,22,24). The van der Waals surface area contributed by atoms with Gasteiger partial charge >= 0.3 is 0 Å². The lowest BCUT2D eigenvalue weighted by atomic mass is 9.53. The van der Waals surface area contributed by atoms with Crippen LogP contribution in [-0.2, 0) is 4.79 Å². The Morgan fingerprint density at radius 2 is 1.77 bits per heavy atom. The van der Waals surface area contributed by atoms with Crippen LogP contribution < -0.4 is 10.1 Å². The van der Waals surface area contributed by atoms with E-state index in [1.807, 2.05) is 24.3 Å². The number of benzene rings is 1. The fourth-order valence-corrected chi connectivity index (χ4v) is 5.74. The summed E-state index contributed by atoms with van der Waals surface area (Å²) in [5, 5.41) is 10.9. The summed E-state index contributed by atoms with van der Waals surface area (Å²) in [6.45, 7) is 0.0572. The van der Waals surface area contributed by atoms with Gasteiger partial charge in [-0.25, -0.2) is 0 Å². The van der Waals surface area contributed by atoms with Gasteiger partial charge < -0.3 is 14.5 Å². The van der Waals surface area contributed by atoms with Crippen molar-refractivity contribution in [2.24, 2.45) is 17.8 Å². The highest BCUT2D eigenvalue weighted by Crippen LogP contribution is 2.55. The molecule has 136 valence electrons. The molecule has 4 saturated carbocycles. The van der Waals surface area contributed by atoms with Gasteiger partial charge in [-0.3, -0.25) is 4.79 Å². The van der Waals surface area contributed by atoms with Crippen molar-refractivity contribution in [2.45, 2.75) is 44.1 Å². The van der Waals surface area contributed by atoms with Crippen molar-refractivity contribution in [1.82, 2.24) is 15.5 Å². The summed E-state index contributed by atoms with van der Waals surface area (Å²) in [5.41, 5.74) is 0.865. The summed E-state index contributed by atoms with van der Waals surface area (Å²) in [6, 6.07) is 7.33. The molecule has 1 aromatic carbocycles. The Morgan fingerprint density at radius 3 is 2.35 bits per heavy atom. The normalized spacial score (nSPS) is 31.8. The second-order valence-electron chi connectivity index (χ2n) is 8.30. The van der Waals surface area contributed by atoms with E-state index in [1.165, 1.54) is 25.7 Å². The minimum atomic E-state index is -0.00655. The number of hydrogen-bond acceptors (Lipinski definition) is 5. The minimum absolute atomic E-state index is 0.00655. The monoisotopic (exact) mass is 353 g/mol. The molecule has 1 heterocycles. The van der Waals surface area contributed by atoms with Gasteiger partial charge in [0.15, 0.2) is 6.61 Å². The summed E-state index contributed by atoms with van der Waals surface area (Å²) in [7, 11) is 0. The average molecular weight is 353 g/mol. The molecule has 1 N–H and O–H groups in total. The van der Waals surface area contributed by atoms with Gasteiger partial charge in [0.05, 0.1) is 0 Å². The van der Waals surface area contributed by atoms with Crippen LogP contribution in [0.25, 0.3) is 11.5 Å². The second-order valence-corrected chi connectivity index (χ2v) is 8.30. The highest BCUT2D eigenvalue weighted by Gasteiger charge is 2.51. The van der Waals surface area contributed by atoms with Crippen LogP contribution in [0.1, 0.15) is 38.5 Å². The Balaban J connectivity index is 1.18. The first-order chi connectivity index (χ1) is 12.7. The molecule has 0 saturated heterocycles. The lowest BCUT2D eigenvalue weighted by Gasteiger charge is -2.56. The van der Waals surface area contributed by atoms with Gasteiger partial charge in [-0.15, -0.1) is 10.2 Å². The van der Waals surface area contributed by atoms with Gasteiger partial charge in [-0.2, -0.15) is 0 Å². The van der Waals surface area contributed by atoms with Gasteiger partial charge in [0.1, 0.15) is 5.75 Å². The van der Waals surface area contributed by atoms with Crippen LogP contribution in [0, 0.1) is 17.8 Å². The van der Waals surface area contributed by atoms with Crippen LogP contribution in [-0.4, -0.2) is 28.3 Å². The first kappa shape index (κ1) is 15.9. The summed E-state index contributed by atoms with van der Waals surface area (Å²) < 4.78 is 10.8. The number of ether oxygens (including phenoxy) is 1. The second kappa shape index (κ2) is 6.11. The SMILES string of the molecule is O=C(COc1ccc(-c2nnco2)cc1)NC12CC3CC(CC(C3)C1)C2. The molecule has 4 bridgehead atoms. The van der Waals surface area contributed by atoms with E-state index in [0.29, 0.717) is 11.6 Å². The highest BCUT2D eigenvalue weighted by molar-refractivity contribution is 5.78. The fraction of sp³-hybridized carbons (Fsp3) is 0.550. The molecule has 1 amide bonds. The largest absolute Gasteiger partial charge is 0.484 e. The zero-order valence-electron chi connectivity index (χ0n) is 14.7. The van der Waals surface area contributed by atoms with E-state index in [0.717, 1.165) is 42.6 Å². The van der Waals surface area contributed by atoms with Crippen molar-refractivity contribution in [3.05, 3.63) is 30.7 Å². The molecule has 1 aromatic heterocycles. The smallest absolute Gasteiger partial charge is 0.258 e. The molecular formula is C20H23N3O3. The van der Waals surface area contributed by atoms with Crippen LogP contribution in [0.5, 0.6) is 5.75 Å². The van der Waals surface area contributed by atoms with Crippen molar-refractivity contribution in [3.8, 4) is 17.2 Å². The van der Waals surface area contributed by atoms with E-state index in [4.69, 9.17) is 9.15 Å². The third-order valence-electron chi connectivity index (χ3n) is 6.27. The van der Waals surface area contributed by atoms with E-state index in [9.17, 15) is 4.79 Å². The molecule has 6 rings (SSSR count). The predicted octanol–water partition coefficient (Wildman–Crippen LogP) is 3.20. The van der Waals surface area contributed by atoms with Crippen molar-refractivity contribution in [1.29, 1.82) is 0 Å². The molecule has 0 radical (unpaired) electrons. The summed E-state index contributed by atoms with van der Waals surface area (Å²) >= 11 is 0. The minimum Gasteiger partial charge on any atom is -0.484 e. The quantitative estimate of drug-likeness (QED) is 0.893. The number of hydrogen-bond donors (Lipinski definition) is 1. The van der Waals surface area contributed by atoms with Crippen LogP contribution >= 0.6 is 0 Å². The fourth-order valence-electron chi connectivity index (χ4n) is 5.74. The van der Waals surface area contributed by atoms with Gasteiger partial charge in [-0.05, 0) is 80.5 Å². The third kappa shape index (κ3) is 2.97. The maximum absolute atomic E-state index is 12.5. The van der Waals surface area contributed by atoms with E-state index in [2.05, 4.69) is 15.5 Å². The first-order valence-corrected chi connectivity index (χ1v) is 9.48. The lowest BCUT2D eigenvalue weighted by molar-refractivity contribution is -0.128. The molecule has 0 aliphatic heterocycles. The van der Waals surface area contributed by atoms with E-state index >= 15 is 0 Å². The number of nitrogens with zero attached hydrogens (tertiary/aromatic N) is 2. The molecular weight excluding hydrogens is 330 g/mol. The van der Waals surface area contributed by atoms with Crippen molar-refractivity contribution < 1.29 is 13.9 Å². The Hall–Kier alpha value is -2.37. The summed E-state index contributed by atoms with van der Waals surface area (Å²) in [4.78, 5) is 12.5. The van der Waals surface area contributed by atoms with Crippen molar-refractivity contribution >= 4 is 5.91 Å². The van der Waals surface area contributed by atoms with Crippen molar-refractivity contribution in [3.63, 3.8) is 0 Å². The van der Waals surface area contributed by atoms with Crippen LogP contribution in [0.4, 0.5) is 0 Å². The van der Waals surface area contributed by atoms with Crippen LogP contribution in [0.2, 0.25) is 0 Å². The Kier molecular flexibility index (Phi) is 3.72. The summed E-state index contributed by atoms with van der Waals surface area (Å²) in [6.07, 6.45) is 8.89. The molecule has 2 aromatic rings. The molecule has 0 atom stereocenters. The van der Waals surface area contributed by atoms with Gasteiger partial charge in [0.25, 0.3) is 5.91 Å². The number of carbonyl (C=O) groups is 1. The first-order valence-electron chi connectivity index (χ1n) is 9.48. The van der Waals surface area contributed by atoms with Gasteiger partial charge in [0, 0.05) is 11.1 Å². The molecule has 4 aliphatic rings. The van der Waals surface area contributed by atoms with Crippen molar-refractivity contribution in [2.75, 3.05) is 6.61 Å². The molecule has 0 spiro atoms. The molecule has 0 unspecified atom stereocenters. The van der Waals surface area contributed by atoms with Gasteiger partial charge in [-0.1, -0.05) is 0 Å². The topological polar surface area (TPSA) is 77.2 Å². The average Bonchev–Trinajstić information content (AvgIpc) is 3.13. The van der Waals surface area contributed by atoms with E-state index in [-0.39, 0.29) is 18.1 Å².